The Balaban J connectivity index is 1.83. The van der Waals surface area contributed by atoms with Gasteiger partial charge in [0.1, 0.15) is 0 Å². The molecule has 30 heavy (non-hydrogen) atoms. The van der Waals surface area contributed by atoms with Crippen molar-refractivity contribution in [3.8, 4) is 0 Å². The molecule has 0 saturated carbocycles. The summed E-state index contributed by atoms with van der Waals surface area (Å²) in [5.41, 5.74) is 2.65. The minimum Gasteiger partial charge on any atom is -0.290 e. The zero-order valence-corrected chi connectivity index (χ0v) is 18.3. The molecule has 3 rings (SSSR count). The molecule has 0 spiro atoms. The number of azo groups is 1. The maximum absolute atomic E-state index is 13.0. The number of H-pyrrole nitrogens is 1. The van der Waals surface area contributed by atoms with Gasteiger partial charge in [-0.25, -0.2) is 0 Å². The van der Waals surface area contributed by atoms with E-state index in [9.17, 15) is 9.59 Å². The fraction of sp³-hybridized carbons (Fsp3) is 0.304. The van der Waals surface area contributed by atoms with Crippen LogP contribution in [0.5, 0.6) is 0 Å². The molecular weight excluding hydrogens is 400 g/mol. The van der Waals surface area contributed by atoms with Crippen molar-refractivity contribution in [1.82, 2.24) is 9.78 Å². The molecule has 0 saturated heterocycles. The molecular formula is C23H25ClN4O2. The molecule has 3 aromatic rings. The van der Waals surface area contributed by atoms with Crippen molar-refractivity contribution in [2.45, 2.75) is 40.0 Å². The average molecular weight is 425 g/mol. The van der Waals surface area contributed by atoms with E-state index < -0.39 is 11.5 Å². The zero-order valence-electron chi connectivity index (χ0n) is 17.5. The highest BCUT2D eigenvalue weighted by atomic mass is 35.5. The van der Waals surface area contributed by atoms with Gasteiger partial charge in [0.05, 0.1) is 17.3 Å². The van der Waals surface area contributed by atoms with Crippen LogP contribution >= 0.6 is 11.6 Å². The maximum Gasteiger partial charge on any atom is 0.301 e. The lowest BCUT2D eigenvalue weighted by Crippen LogP contribution is -2.28. The summed E-state index contributed by atoms with van der Waals surface area (Å²) in [6, 6.07) is 14.8. The number of aryl methyl sites for hydroxylation is 1. The Kier molecular flexibility index (Phi) is 6.67. The fourth-order valence-corrected chi connectivity index (χ4v) is 3.39. The summed E-state index contributed by atoms with van der Waals surface area (Å²) in [5.74, 6) is -0.259. The second-order valence-electron chi connectivity index (χ2n) is 7.81. The Bertz CT molecular complexity index is 1130. The normalized spacial score (nSPS) is 12.6. The van der Waals surface area contributed by atoms with Crippen molar-refractivity contribution in [3.05, 3.63) is 80.7 Å². The van der Waals surface area contributed by atoms with Crippen LogP contribution in [0.1, 0.15) is 48.3 Å². The Morgan fingerprint density at radius 1 is 1.10 bits per heavy atom. The summed E-state index contributed by atoms with van der Waals surface area (Å²) >= 11 is 5.94. The van der Waals surface area contributed by atoms with Gasteiger partial charge in [-0.15, -0.1) is 5.11 Å². The molecule has 1 aromatic heterocycles. The van der Waals surface area contributed by atoms with Crippen LogP contribution in [0.3, 0.4) is 0 Å². The van der Waals surface area contributed by atoms with Crippen LogP contribution in [-0.4, -0.2) is 15.7 Å². The first-order valence-corrected chi connectivity index (χ1v) is 10.3. The van der Waals surface area contributed by atoms with E-state index in [1.165, 1.54) is 5.56 Å². The zero-order chi connectivity index (χ0) is 21.8. The largest absolute Gasteiger partial charge is 0.301 e. The number of hydrogen-bond donors (Lipinski definition) is 1. The van der Waals surface area contributed by atoms with Crippen LogP contribution in [0.2, 0.25) is 5.02 Å². The fourth-order valence-electron chi connectivity index (χ4n) is 3.21. The first-order valence-electron chi connectivity index (χ1n) is 9.88. The summed E-state index contributed by atoms with van der Waals surface area (Å²) in [4.78, 5) is 25.7. The highest BCUT2D eigenvalue weighted by molar-refractivity contribution is 6.30. The summed E-state index contributed by atoms with van der Waals surface area (Å²) < 4.78 is 1.01. The molecule has 0 amide bonds. The number of aromatic amines is 1. The Hall–Kier alpha value is -2.99. The van der Waals surface area contributed by atoms with E-state index in [1.54, 1.807) is 38.1 Å². The van der Waals surface area contributed by atoms with Gasteiger partial charge in [-0.05, 0) is 55.5 Å². The van der Waals surface area contributed by atoms with Gasteiger partial charge in [0.25, 0.3) is 5.91 Å². The van der Waals surface area contributed by atoms with Crippen molar-refractivity contribution >= 4 is 28.9 Å². The van der Waals surface area contributed by atoms with Crippen LogP contribution in [0.4, 0.5) is 11.4 Å². The van der Waals surface area contributed by atoms with Gasteiger partial charge in [-0.3, -0.25) is 14.7 Å². The number of halogens is 1. The smallest absolute Gasteiger partial charge is 0.290 e. The van der Waals surface area contributed by atoms with Crippen molar-refractivity contribution in [1.29, 1.82) is 0 Å². The molecule has 0 aliphatic heterocycles. The van der Waals surface area contributed by atoms with Gasteiger partial charge in [0, 0.05) is 5.02 Å². The standard InChI is InChI=1S/C23H25ClN4O2/c1-14(2)12-17-8-10-18(11-9-17)15(3)22(29)28-23(30)21(16(4)27-28)26-25-20-7-5-6-19(24)13-20/h5-11,13-15,27H,12H2,1-4H3. The van der Waals surface area contributed by atoms with Crippen molar-refractivity contribution in [2.75, 3.05) is 0 Å². The number of nitrogens with one attached hydrogen (secondary N) is 1. The maximum atomic E-state index is 13.0. The molecule has 2 aromatic carbocycles. The van der Waals surface area contributed by atoms with E-state index >= 15 is 0 Å². The van der Waals surface area contributed by atoms with E-state index in [2.05, 4.69) is 29.2 Å². The third kappa shape index (κ3) is 4.94. The summed E-state index contributed by atoms with van der Waals surface area (Å²) in [5, 5.41) is 11.5. The molecule has 0 aliphatic rings. The molecule has 0 aliphatic carbocycles. The summed E-state index contributed by atoms with van der Waals surface area (Å²) in [7, 11) is 0. The predicted molar refractivity (Wildman–Crippen MR) is 119 cm³/mol. The third-order valence-corrected chi connectivity index (χ3v) is 5.06. The van der Waals surface area contributed by atoms with E-state index in [4.69, 9.17) is 11.6 Å². The molecule has 0 fully saturated rings. The molecule has 1 N–H and O–H groups in total. The molecule has 156 valence electrons. The van der Waals surface area contributed by atoms with Crippen LogP contribution in [0.25, 0.3) is 0 Å². The molecule has 7 heteroatoms. The minimum atomic E-state index is -0.522. The highest BCUT2D eigenvalue weighted by Gasteiger charge is 2.22. The van der Waals surface area contributed by atoms with Crippen LogP contribution in [0, 0.1) is 12.8 Å². The average Bonchev–Trinajstić information content (AvgIpc) is 2.99. The van der Waals surface area contributed by atoms with E-state index in [1.807, 2.05) is 24.3 Å². The molecule has 1 heterocycles. The van der Waals surface area contributed by atoms with E-state index in [0.29, 0.717) is 22.3 Å². The lowest BCUT2D eigenvalue weighted by Gasteiger charge is -2.12. The van der Waals surface area contributed by atoms with Crippen LogP contribution < -0.4 is 5.56 Å². The SMILES string of the molecule is Cc1[nH]n(C(=O)C(C)c2ccc(CC(C)C)cc2)c(=O)c1N=Nc1cccc(Cl)c1. The number of rotatable bonds is 6. The lowest BCUT2D eigenvalue weighted by atomic mass is 9.96. The number of carbonyl (C=O) groups excluding carboxylic acids is 1. The first-order chi connectivity index (χ1) is 14.3. The highest BCUT2D eigenvalue weighted by Crippen LogP contribution is 2.22. The van der Waals surface area contributed by atoms with Crippen molar-refractivity contribution in [3.63, 3.8) is 0 Å². The monoisotopic (exact) mass is 424 g/mol. The van der Waals surface area contributed by atoms with Crippen LogP contribution in [-0.2, 0) is 6.42 Å². The number of benzene rings is 2. The van der Waals surface area contributed by atoms with Crippen molar-refractivity contribution in [2.24, 2.45) is 16.1 Å². The molecule has 0 radical (unpaired) electrons. The third-order valence-electron chi connectivity index (χ3n) is 4.83. The van der Waals surface area contributed by atoms with Gasteiger partial charge >= 0.3 is 5.56 Å². The number of hydrogen-bond acceptors (Lipinski definition) is 4. The Morgan fingerprint density at radius 3 is 2.43 bits per heavy atom. The van der Waals surface area contributed by atoms with Gasteiger partial charge in [-0.2, -0.15) is 9.80 Å². The van der Waals surface area contributed by atoms with Gasteiger partial charge in [-0.1, -0.05) is 55.8 Å². The van der Waals surface area contributed by atoms with Gasteiger partial charge in [0.15, 0.2) is 5.69 Å². The van der Waals surface area contributed by atoms with Gasteiger partial charge < -0.3 is 0 Å². The Labute approximate surface area is 180 Å². The second-order valence-corrected chi connectivity index (χ2v) is 8.24. The van der Waals surface area contributed by atoms with Gasteiger partial charge in [0.2, 0.25) is 0 Å². The van der Waals surface area contributed by atoms with E-state index in [0.717, 1.165) is 16.7 Å². The lowest BCUT2D eigenvalue weighted by molar-refractivity contribution is 0.0864. The second kappa shape index (κ2) is 9.22. The number of nitrogens with zero attached hydrogens (tertiary/aromatic N) is 3. The molecule has 1 unspecified atom stereocenters. The van der Waals surface area contributed by atoms with Crippen molar-refractivity contribution < 1.29 is 4.79 Å². The molecule has 0 bridgehead atoms. The quantitative estimate of drug-likeness (QED) is 0.478. The summed E-state index contributed by atoms with van der Waals surface area (Å²) in [6.07, 6.45) is 0.985. The Morgan fingerprint density at radius 2 is 1.80 bits per heavy atom. The first kappa shape index (κ1) is 21.7. The predicted octanol–water partition coefficient (Wildman–Crippen LogP) is 6.20. The topological polar surface area (TPSA) is 79.6 Å². The van der Waals surface area contributed by atoms with E-state index in [-0.39, 0.29) is 11.6 Å². The molecule has 1 atom stereocenters. The number of aromatic nitrogens is 2. The number of carbonyl (C=O) groups is 1. The molecule has 6 nitrogen and oxygen atoms in total. The van der Waals surface area contributed by atoms with Crippen LogP contribution in [0.15, 0.2) is 63.6 Å². The minimum absolute atomic E-state index is 0.0998. The summed E-state index contributed by atoms with van der Waals surface area (Å²) in [6.45, 7) is 7.81.